The van der Waals surface area contributed by atoms with E-state index in [2.05, 4.69) is 5.32 Å². The second-order valence-corrected chi connectivity index (χ2v) is 4.07. The molecule has 0 heterocycles. The number of hydrogen-bond acceptors (Lipinski definition) is 3. The van der Waals surface area contributed by atoms with Gasteiger partial charge in [0.05, 0.1) is 4.92 Å². The number of nitro groups is 1. The number of nitrogens with zero attached hydrogens (tertiary/aromatic N) is 1. The summed E-state index contributed by atoms with van der Waals surface area (Å²) >= 11 is 0. The zero-order chi connectivity index (χ0) is 12.4. The van der Waals surface area contributed by atoms with Crippen molar-refractivity contribution in [2.45, 2.75) is 12.8 Å². The molecular weight excluding hydrogens is 227 g/mol. The van der Waals surface area contributed by atoms with E-state index in [0.717, 1.165) is 31.0 Å². The smallest absolute Gasteiger partial charge is 0.282 e. The predicted molar refractivity (Wildman–Crippen MR) is 58.1 cm³/mol. The predicted octanol–water partition coefficient (Wildman–Crippen LogP) is 1.87. The summed E-state index contributed by atoms with van der Waals surface area (Å²) in [5, 5.41) is 13.3. The number of nitrogens with one attached hydrogen (secondary N) is 1. The van der Waals surface area contributed by atoms with E-state index in [1.165, 1.54) is 0 Å². The van der Waals surface area contributed by atoms with Crippen molar-refractivity contribution in [2.75, 3.05) is 6.54 Å². The van der Waals surface area contributed by atoms with Crippen molar-refractivity contribution in [3.63, 3.8) is 0 Å². The molecule has 0 radical (unpaired) electrons. The standard InChI is InChI=1S/C11H11FN2O3/c12-8-3-4-10(14(16)17)9(5-8)11(15)13-6-7-1-2-7/h3-5,7H,1-2,6H2,(H,13,15). The van der Waals surface area contributed by atoms with Crippen molar-refractivity contribution in [3.8, 4) is 0 Å². The fraction of sp³-hybridized carbons (Fsp3) is 0.364. The summed E-state index contributed by atoms with van der Waals surface area (Å²) in [5.41, 5.74) is -0.602. The van der Waals surface area contributed by atoms with Gasteiger partial charge in [0.25, 0.3) is 11.6 Å². The molecule has 1 saturated carbocycles. The van der Waals surface area contributed by atoms with E-state index in [9.17, 15) is 19.3 Å². The maximum Gasteiger partial charge on any atom is 0.282 e. The van der Waals surface area contributed by atoms with Crippen LogP contribution in [0.15, 0.2) is 18.2 Å². The fourth-order valence-corrected chi connectivity index (χ4v) is 1.50. The van der Waals surface area contributed by atoms with E-state index < -0.39 is 16.6 Å². The largest absolute Gasteiger partial charge is 0.352 e. The summed E-state index contributed by atoms with van der Waals surface area (Å²) in [6, 6.07) is 2.86. The normalized spacial score (nSPS) is 14.4. The Morgan fingerprint density at radius 3 is 2.82 bits per heavy atom. The van der Waals surface area contributed by atoms with E-state index in [0.29, 0.717) is 12.5 Å². The zero-order valence-electron chi connectivity index (χ0n) is 8.98. The van der Waals surface area contributed by atoms with Gasteiger partial charge in [0.1, 0.15) is 11.4 Å². The Kier molecular flexibility index (Phi) is 3.03. The van der Waals surface area contributed by atoms with Crippen LogP contribution in [0, 0.1) is 21.8 Å². The van der Waals surface area contributed by atoms with Gasteiger partial charge in [-0.3, -0.25) is 14.9 Å². The van der Waals surface area contributed by atoms with Crippen LogP contribution in [0.3, 0.4) is 0 Å². The highest BCUT2D eigenvalue weighted by atomic mass is 19.1. The van der Waals surface area contributed by atoms with Crippen LogP contribution in [-0.4, -0.2) is 17.4 Å². The molecule has 0 aromatic heterocycles. The number of amides is 1. The maximum absolute atomic E-state index is 13.0. The summed E-state index contributed by atoms with van der Waals surface area (Å²) in [7, 11) is 0. The van der Waals surface area contributed by atoms with Gasteiger partial charge in [-0.25, -0.2) is 4.39 Å². The van der Waals surface area contributed by atoms with Gasteiger partial charge < -0.3 is 5.32 Å². The van der Waals surface area contributed by atoms with Gasteiger partial charge in [-0.05, 0) is 30.9 Å². The van der Waals surface area contributed by atoms with Gasteiger partial charge in [-0.1, -0.05) is 0 Å². The van der Waals surface area contributed by atoms with Crippen LogP contribution in [0.25, 0.3) is 0 Å². The molecule has 0 spiro atoms. The molecule has 6 heteroatoms. The molecule has 5 nitrogen and oxygen atoms in total. The van der Waals surface area contributed by atoms with Crippen LogP contribution in [-0.2, 0) is 0 Å². The molecule has 0 saturated heterocycles. The van der Waals surface area contributed by atoms with E-state index in [4.69, 9.17) is 0 Å². The van der Waals surface area contributed by atoms with Crippen molar-refractivity contribution in [3.05, 3.63) is 39.7 Å². The first-order valence-corrected chi connectivity index (χ1v) is 5.30. The SMILES string of the molecule is O=C(NCC1CC1)c1cc(F)ccc1[N+](=O)[O-]. The third kappa shape index (κ3) is 2.77. The number of carbonyl (C=O) groups excluding carboxylic acids is 1. The van der Waals surface area contributed by atoms with Gasteiger partial charge in [0.15, 0.2) is 0 Å². The molecular formula is C11H11FN2O3. The lowest BCUT2D eigenvalue weighted by Gasteiger charge is -2.04. The molecule has 1 aromatic carbocycles. The molecule has 17 heavy (non-hydrogen) atoms. The van der Waals surface area contributed by atoms with E-state index >= 15 is 0 Å². The molecule has 1 amide bonds. The van der Waals surface area contributed by atoms with Gasteiger partial charge in [0, 0.05) is 12.6 Å². The maximum atomic E-state index is 13.0. The van der Waals surface area contributed by atoms with Crippen LogP contribution in [0.2, 0.25) is 0 Å². The third-order valence-electron chi connectivity index (χ3n) is 2.65. The summed E-state index contributed by atoms with van der Waals surface area (Å²) in [6.45, 7) is 0.493. The zero-order valence-corrected chi connectivity index (χ0v) is 8.98. The topological polar surface area (TPSA) is 72.2 Å². The third-order valence-corrected chi connectivity index (χ3v) is 2.65. The molecule has 0 unspecified atom stereocenters. The van der Waals surface area contributed by atoms with Crippen molar-refractivity contribution in [1.82, 2.24) is 5.32 Å². The Labute approximate surface area is 96.8 Å². The van der Waals surface area contributed by atoms with Gasteiger partial charge >= 0.3 is 0 Å². The molecule has 0 atom stereocenters. The fourth-order valence-electron chi connectivity index (χ4n) is 1.50. The minimum atomic E-state index is -0.689. The second-order valence-electron chi connectivity index (χ2n) is 4.07. The molecule has 1 aromatic rings. The van der Waals surface area contributed by atoms with Crippen molar-refractivity contribution in [2.24, 2.45) is 5.92 Å². The summed E-state index contributed by atoms with van der Waals surface area (Å²) in [4.78, 5) is 21.7. The summed E-state index contributed by atoms with van der Waals surface area (Å²) < 4.78 is 13.0. The first-order valence-electron chi connectivity index (χ1n) is 5.30. The Bertz CT molecular complexity index is 472. The van der Waals surface area contributed by atoms with Crippen LogP contribution >= 0.6 is 0 Å². The quantitative estimate of drug-likeness (QED) is 0.643. The average Bonchev–Trinajstić information content (AvgIpc) is 3.09. The molecule has 0 bridgehead atoms. The van der Waals surface area contributed by atoms with Crippen molar-refractivity contribution < 1.29 is 14.1 Å². The monoisotopic (exact) mass is 238 g/mol. The van der Waals surface area contributed by atoms with E-state index in [1.807, 2.05) is 0 Å². The lowest BCUT2D eigenvalue weighted by molar-refractivity contribution is -0.385. The molecule has 1 aliphatic rings. The lowest BCUT2D eigenvalue weighted by atomic mass is 10.1. The van der Waals surface area contributed by atoms with Gasteiger partial charge in [-0.2, -0.15) is 0 Å². The lowest BCUT2D eigenvalue weighted by Crippen LogP contribution is -2.26. The molecule has 1 aliphatic carbocycles. The molecule has 2 rings (SSSR count). The number of halogens is 1. The first kappa shape index (κ1) is 11.5. The van der Waals surface area contributed by atoms with Crippen LogP contribution in [0.4, 0.5) is 10.1 Å². The minimum Gasteiger partial charge on any atom is -0.352 e. The highest BCUT2D eigenvalue weighted by Gasteiger charge is 2.25. The van der Waals surface area contributed by atoms with Crippen molar-refractivity contribution in [1.29, 1.82) is 0 Å². The Balaban J connectivity index is 2.18. The Hall–Kier alpha value is -1.98. The van der Waals surface area contributed by atoms with Crippen molar-refractivity contribution >= 4 is 11.6 Å². The van der Waals surface area contributed by atoms with Gasteiger partial charge in [0.2, 0.25) is 0 Å². The summed E-state index contributed by atoms with van der Waals surface area (Å²) in [5.74, 6) is -0.790. The highest BCUT2D eigenvalue weighted by molar-refractivity contribution is 5.98. The second kappa shape index (κ2) is 4.48. The summed E-state index contributed by atoms with van der Waals surface area (Å²) in [6.07, 6.45) is 2.12. The minimum absolute atomic E-state index is 0.226. The van der Waals surface area contributed by atoms with Crippen LogP contribution in [0.1, 0.15) is 23.2 Å². The first-order chi connectivity index (χ1) is 8.08. The number of carbonyl (C=O) groups is 1. The van der Waals surface area contributed by atoms with E-state index in [-0.39, 0.29) is 11.3 Å². The molecule has 1 N–H and O–H groups in total. The van der Waals surface area contributed by atoms with Crippen LogP contribution in [0.5, 0.6) is 0 Å². The average molecular weight is 238 g/mol. The van der Waals surface area contributed by atoms with Gasteiger partial charge in [-0.15, -0.1) is 0 Å². The number of benzene rings is 1. The molecule has 0 aliphatic heterocycles. The van der Waals surface area contributed by atoms with Crippen LogP contribution < -0.4 is 5.32 Å². The number of nitro benzene ring substituents is 1. The molecule has 1 fully saturated rings. The van der Waals surface area contributed by atoms with E-state index in [1.54, 1.807) is 0 Å². The number of hydrogen-bond donors (Lipinski definition) is 1. The Morgan fingerprint density at radius 2 is 2.24 bits per heavy atom. The highest BCUT2D eigenvalue weighted by Crippen LogP contribution is 2.28. The Morgan fingerprint density at radius 1 is 1.53 bits per heavy atom. The molecule has 90 valence electrons. The number of rotatable bonds is 4.